The second-order valence-electron chi connectivity index (χ2n) is 9.99. The van der Waals surface area contributed by atoms with Gasteiger partial charge >= 0.3 is 5.97 Å². The first kappa shape index (κ1) is 25.4. The number of fused-ring (bicyclic) bond motifs is 1. The van der Waals surface area contributed by atoms with Gasteiger partial charge in [0.05, 0.1) is 24.6 Å². The molecule has 192 valence electrons. The Labute approximate surface area is 203 Å². The number of hydrogen-bond acceptors (Lipinski definition) is 8. The van der Waals surface area contributed by atoms with Crippen molar-refractivity contribution in [1.82, 2.24) is 4.57 Å². The van der Waals surface area contributed by atoms with Crippen LogP contribution in [-0.2, 0) is 14.6 Å². The highest BCUT2D eigenvalue weighted by molar-refractivity contribution is 7.90. The highest BCUT2D eigenvalue weighted by Gasteiger charge is 2.40. The third-order valence-electron chi connectivity index (χ3n) is 6.83. The summed E-state index contributed by atoms with van der Waals surface area (Å²) in [5.41, 5.74) is 4.65. The van der Waals surface area contributed by atoms with Crippen LogP contribution in [0.15, 0.2) is 15.9 Å². The molecule has 11 heteroatoms. The van der Waals surface area contributed by atoms with Crippen molar-refractivity contribution in [1.29, 1.82) is 0 Å². The van der Waals surface area contributed by atoms with E-state index in [0.29, 0.717) is 25.9 Å². The molecule has 2 aliphatic rings. The Morgan fingerprint density at radius 2 is 1.94 bits per heavy atom. The first-order chi connectivity index (χ1) is 16.3. The van der Waals surface area contributed by atoms with E-state index in [2.05, 4.69) is 0 Å². The average molecular weight is 510 g/mol. The maximum atomic E-state index is 15.7. The number of rotatable bonds is 7. The Morgan fingerprint density at radius 1 is 1.29 bits per heavy atom. The fourth-order valence-electron chi connectivity index (χ4n) is 4.96. The van der Waals surface area contributed by atoms with E-state index in [1.165, 1.54) is 11.7 Å². The molecule has 4 rings (SSSR count). The quantitative estimate of drug-likeness (QED) is 0.566. The number of carbonyl (C=O) groups is 1. The van der Waals surface area contributed by atoms with Gasteiger partial charge in [-0.05, 0) is 52.0 Å². The van der Waals surface area contributed by atoms with E-state index in [4.69, 9.17) is 15.2 Å². The lowest BCUT2D eigenvalue weighted by Crippen LogP contribution is -2.42. The summed E-state index contributed by atoms with van der Waals surface area (Å²) in [4.78, 5) is 28.1. The molecule has 1 aromatic carbocycles. The molecule has 2 fully saturated rings. The smallest absolute Gasteiger partial charge is 0.345 e. The minimum absolute atomic E-state index is 0.0484. The third kappa shape index (κ3) is 4.40. The summed E-state index contributed by atoms with van der Waals surface area (Å²) < 4.78 is 53.7. The fraction of sp³-hybridized carbons (Fsp3) is 0.583. The number of aromatic nitrogens is 1. The number of hydrogen-bond donors (Lipinski definition) is 1. The molecule has 1 aliphatic carbocycles. The average Bonchev–Trinajstić information content (AvgIpc) is 3.46. The minimum Gasteiger partial charge on any atom is -0.492 e. The summed E-state index contributed by atoms with van der Waals surface area (Å²) in [6.45, 7) is 6.37. The van der Waals surface area contributed by atoms with Gasteiger partial charge in [-0.1, -0.05) is 0 Å². The number of nitrogens with two attached hydrogens (primary N) is 1. The van der Waals surface area contributed by atoms with Crippen molar-refractivity contribution in [3.63, 3.8) is 0 Å². The zero-order chi connectivity index (χ0) is 25.9. The Balaban J connectivity index is 2.10. The van der Waals surface area contributed by atoms with Crippen molar-refractivity contribution in [2.45, 2.75) is 56.6 Å². The molecule has 35 heavy (non-hydrogen) atoms. The summed E-state index contributed by atoms with van der Waals surface area (Å²) in [6, 6.07) is 0.793. The van der Waals surface area contributed by atoms with Gasteiger partial charge in [-0.2, -0.15) is 0 Å². The first-order valence-corrected chi connectivity index (χ1v) is 13.6. The molecule has 0 bridgehead atoms. The predicted octanol–water partition coefficient (Wildman–Crippen LogP) is 2.63. The highest BCUT2D eigenvalue weighted by Crippen LogP contribution is 2.46. The lowest BCUT2D eigenvalue weighted by atomic mass is 9.88. The zero-order valence-corrected chi connectivity index (χ0v) is 21.5. The molecule has 1 atom stereocenters. The van der Waals surface area contributed by atoms with E-state index >= 15 is 4.39 Å². The minimum atomic E-state index is -4.06. The molecule has 1 saturated carbocycles. The summed E-state index contributed by atoms with van der Waals surface area (Å²) in [5, 5.41) is -0.547. The number of halogens is 1. The lowest BCUT2D eigenvalue weighted by molar-refractivity contribution is 0.0518. The highest BCUT2D eigenvalue weighted by atomic mass is 32.2. The van der Waals surface area contributed by atoms with Crippen LogP contribution in [0, 0.1) is 11.7 Å². The molecule has 0 spiro atoms. The summed E-state index contributed by atoms with van der Waals surface area (Å²) >= 11 is 0. The van der Waals surface area contributed by atoms with Crippen LogP contribution in [-0.4, -0.2) is 57.6 Å². The van der Waals surface area contributed by atoms with Crippen LogP contribution in [0.25, 0.3) is 10.9 Å². The Bertz CT molecular complexity index is 1360. The molecular formula is C24H32FN3O6S. The monoisotopic (exact) mass is 509 g/mol. The Morgan fingerprint density at radius 3 is 2.43 bits per heavy atom. The third-order valence-corrected chi connectivity index (χ3v) is 7.93. The van der Waals surface area contributed by atoms with E-state index in [1.807, 2.05) is 18.7 Å². The van der Waals surface area contributed by atoms with Crippen LogP contribution in [0.3, 0.4) is 0 Å². The molecule has 0 amide bonds. The Hall–Kier alpha value is -2.66. The van der Waals surface area contributed by atoms with Crippen LogP contribution in [0.4, 0.5) is 10.1 Å². The van der Waals surface area contributed by atoms with E-state index in [9.17, 15) is 18.0 Å². The molecule has 1 unspecified atom stereocenters. The number of methoxy groups -OCH3 is 1. The normalized spacial score (nSPS) is 18.8. The second kappa shape index (κ2) is 8.77. The van der Waals surface area contributed by atoms with E-state index < -0.39 is 43.2 Å². The van der Waals surface area contributed by atoms with Crippen molar-refractivity contribution in [2.75, 3.05) is 38.0 Å². The number of carbonyl (C=O) groups excluding carboxylic acids is 1. The van der Waals surface area contributed by atoms with Gasteiger partial charge in [0.25, 0.3) is 0 Å². The van der Waals surface area contributed by atoms with Gasteiger partial charge in [0.2, 0.25) is 5.43 Å². The maximum Gasteiger partial charge on any atom is 0.345 e. The fourth-order valence-corrected chi connectivity index (χ4v) is 6.10. The number of benzene rings is 1. The summed E-state index contributed by atoms with van der Waals surface area (Å²) in [7, 11) is -2.70. The van der Waals surface area contributed by atoms with Gasteiger partial charge in [0.1, 0.15) is 11.3 Å². The van der Waals surface area contributed by atoms with Gasteiger partial charge in [0.15, 0.2) is 26.4 Å². The van der Waals surface area contributed by atoms with Crippen LogP contribution in [0.1, 0.15) is 56.4 Å². The predicted molar refractivity (Wildman–Crippen MR) is 131 cm³/mol. The molecule has 2 aromatic rings. The van der Waals surface area contributed by atoms with Gasteiger partial charge in [0, 0.05) is 30.9 Å². The first-order valence-electron chi connectivity index (χ1n) is 11.7. The van der Waals surface area contributed by atoms with Crippen molar-refractivity contribution in [3.05, 3.63) is 27.7 Å². The molecule has 1 aromatic heterocycles. The van der Waals surface area contributed by atoms with Gasteiger partial charge < -0.3 is 24.7 Å². The van der Waals surface area contributed by atoms with E-state index in [1.54, 1.807) is 6.92 Å². The zero-order valence-electron chi connectivity index (χ0n) is 20.7. The largest absolute Gasteiger partial charge is 0.492 e. The molecule has 9 nitrogen and oxygen atoms in total. The van der Waals surface area contributed by atoms with Crippen molar-refractivity contribution >= 4 is 32.4 Å². The van der Waals surface area contributed by atoms with Crippen LogP contribution < -0.4 is 20.8 Å². The number of nitrogens with zero attached hydrogens (tertiary/aromatic N) is 2. The van der Waals surface area contributed by atoms with Crippen molar-refractivity contribution in [2.24, 2.45) is 11.7 Å². The van der Waals surface area contributed by atoms with Crippen molar-refractivity contribution < 1.29 is 27.1 Å². The van der Waals surface area contributed by atoms with Gasteiger partial charge in [-0.15, -0.1) is 0 Å². The molecule has 0 radical (unpaired) electrons. The Kier molecular flexibility index (Phi) is 6.38. The molecule has 1 saturated heterocycles. The van der Waals surface area contributed by atoms with Gasteiger partial charge in [-0.3, -0.25) is 4.79 Å². The number of ether oxygens (including phenoxy) is 2. The molecule has 2 N–H and O–H groups in total. The van der Waals surface area contributed by atoms with Crippen molar-refractivity contribution in [3.8, 4) is 5.75 Å². The van der Waals surface area contributed by atoms with Crippen LogP contribution >= 0.6 is 0 Å². The standard InChI is InChI=1S/C24H32FN3O6S/c1-6-34-23(30)17-20(29)15-11-16(25)19(27-10-9-13(12-27)24(2,3)26)21(33-4)18(15)28(14-7-8-14)22(17)35(5,31)32/h11,13-14H,6-10,12,26H2,1-5H3. The van der Waals surface area contributed by atoms with Gasteiger partial charge in [-0.25, -0.2) is 17.6 Å². The van der Waals surface area contributed by atoms with E-state index in [-0.39, 0.29) is 40.9 Å². The SMILES string of the molecule is CCOC(=O)c1c(S(C)(=O)=O)n(C2CC2)c2c(OC)c(N3CCC(C(C)(C)N)C3)c(F)cc2c1=O. The maximum absolute atomic E-state index is 15.7. The molecule has 2 heterocycles. The summed E-state index contributed by atoms with van der Waals surface area (Å²) in [5.74, 6) is -1.57. The van der Waals surface area contributed by atoms with Crippen LogP contribution in [0.5, 0.6) is 5.75 Å². The number of pyridine rings is 1. The molecule has 1 aliphatic heterocycles. The number of sulfone groups is 1. The second-order valence-corrected chi connectivity index (χ2v) is 11.9. The van der Waals surface area contributed by atoms with Crippen LogP contribution in [0.2, 0.25) is 0 Å². The number of esters is 1. The number of anilines is 1. The van der Waals surface area contributed by atoms with E-state index in [0.717, 1.165) is 18.7 Å². The molecular weight excluding hydrogens is 477 g/mol. The topological polar surface area (TPSA) is 121 Å². The summed E-state index contributed by atoms with van der Waals surface area (Å²) in [6.07, 6.45) is 2.98. The lowest BCUT2D eigenvalue weighted by Gasteiger charge is -2.29.